The molecule has 4 rings (SSSR count). The predicted molar refractivity (Wildman–Crippen MR) is 101 cm³/mol. The highest BCUT2D eigenvalue weighted by molar-refractivity contribution is 5.24. The summed E-state index contributed by atoms with van der Waals surface area (Å²) >= 11 is 0. The Morgan fingerprint density at radius 2 is 1.75 bits per heavy atom. The van der Waals surface area contributed by atoms with Gasteiger partial charge < -0.3 is 5.11 Å². The number of allylic oxidation sites excluding steroid dienone is 2. The van der Waals surface area contributed by atoms with Crippen molar-refractivity contribution in [3.05, 3.63) is 11.6 Å². The summed E-state index contributed by atoms with van der Waals surface area (Å²) in [6.07, 6.45) is 12.8. The van der Waals surface area contributed by atoms with E-state index in [4.69, 9.17) is 0 Å². The lowest BCUT2D eigenvalue weighted by atomic mass is 9.42. The smallest absolute Gasteiger partial charge is 0.0623 e. The monoisotopic (exact) mass is 330 g/mol. The van der Waals surface area contributed by atoms with Crippen molar-refractivity contribution < 1.29 is 5.11 Å². The van der Waals surface area contributed by atoms with Crippen LogP contribution in [-0.4, -0.2) is 10.7 Å². The Balaban J connectivity index is 1.67. The Kier molecular flexibility index (Phi) is 3.82. The quantitative estimate of drug-likeness (QED) is 0.542. The highest BCUT2D eigenvalue weighted by Crippen LogP contribution is 2.68. The van der Waals surface area contributed by atoms with Crippen molar-refractivity contribution in [2.75, 3.05) is 0 Å². The molecule has 0 spiro atoms. The molecule has 4 fully saturated rings. The summed E-state index contributed by atoms with van der Waals surface area (Å²) in [4.78, 5) is 0. The van der Waals surface area contributed by atoms with E-state index in [0.717, 1.165) is 42.4 Å². The van der Waals surface area contributed by atoms with E-state index in [-0.39, 0.29) is 0 Å². The Morgan fingerprint density at radius 3 is 2.46 bits per heavy atom. The Morgan fingerprint density at radius 1 is 1.00 bits per heavy atom. The number of hydrogen-bond donors (Lipinski definition) is 1. The minimum atomic E-state index is -0.417. The molecule has 8 atom stereocenters. The molecule has 1 heteroatoms. The molecule has 0 heterocycles. The molecule has 0 bridgehead atoms. The molecule has 4 aliphatic rings. The Hall–Kier alpha value is -0.300. The van der Waals surface area contributed by atoms with Crippen LogP contribution >= 0.6 is 0 Å². The summed E-state index contributed by atoms with van der Waals surface area (Å²) in [5.41, 5.74) is 2.32. The Bertz CT molecular complexity index is 546. The van der Waals surface area contributed by atoms with Gasteiger partial charge in [0.25, 0.3) is 0 Å². The molecule has 136 valence electrons. The van der Waals surface area contributed by atoms with Gasteiger partial charge in [-0.15, -0.1) is 0 Å². The second-order valence-electron chi connectivity index (χ2n) is 10.7. The maximum atomic E-state index is 10.7. The zero-order valence-corrected chi connectivity index (χ0v) is 16.6. The summed E-state index contributed by atoms with van der Waals surface area (Å²) in [5, 5.41) is 10.7. The summed E-state index contributed by atoms with van der Waals surface area (Å²) in [6.45, 7) is 12.0. The minimum Gasteiger partial charge on any atom is -0.390 e. The van der Waals surface area contributed by atoms with Gasteiger partial charge in [-0.2, -0.15) is 0 Å². The second kappa shape index (κ2) is 5.35. The number of hydrogen-bond acceptors (Lipinski definition) is 1. The molecule has 0 aromatic heterocycles. The van der Waals surface area contributed by atoms with Gasteiger partial charge in [-0.1, -0.05) is 32.4 Å². The van der Waals surface area contributed by atoms with Crippen LogP contribution in [0.2, 0.25) is 0 Å². The molecule has 1 N–H and O–H groups in total. The van der Waals surface area contributed by atoms with Crippen LogP contribution in [0.25, 0.3) is 0 Å². The number of aliphatic hydroxyl groups is 1. The van der Waals surface area contributed by atoms with E-state index in [2.05, 4.69) is 40.7 Å². The van der Waals surface area contributed by atoms with Crippen molar-refractivity contribution in [3.8, 4) is 0 Å². The Labute approximate surface area is 149 Å². The van der Waals surface area contributed by atoms with Crippen molar-refractivity contribution in [2.24, 2.45) is 40.4 Å². The lowest BCUT2D eigenvalue weighted by Crippen LogP contribution is -2.57. The molecule has 1 nitrogen and oxygen atoms in total. The third-order valence-corrected chi connectivity index (χ3v) is 9.52. The fourth-order valence-corrected chi connectivity index (χ4v) is 8.20. The molecule has 4 saturated carbocycles. The van der Waals surface area contributed by atoms with Gasteiger partial charge in [-0.25, -0.2) is 0 Å². The zero-order valence-electron chi connectivity index (χ0n) is 16.6. The van der Waals surface area contributed by atoms with Crippen molar-refractivity contribution >= 4 is 0 Å². The highest BCUT2D eigenvalue weighted by atomic mass is 16.3. The van der Waals surface area contributed by atoms with Crippen LogP contribution in [0.1, 0.15) is 86.0 Å². The zero-order chi connectivity index (χ0) is 17.3. The van der Waals surface area contributed by atoms with Crippen molar-refractivity contribution in [3.63, 3.8) is 0 Å². The van der Waals surface area contributed by atoms with Crippen LogP contribution in [0.5, 0.6) is 0 Å². The SMILES string of the molecule is CC=C1CCC2C3CC(C)C4CC(C)(O)CCC4(C)C3CCC12C. The van der Waals surface area contributed by atoms with E-state index < -0.39 is 5.60 Å². The lowest BCUT2D eigenvalue weighted by Gasteiger charge is -2.63. The molecular weight excluding hydrogens is 292 g/mol. The van der Waals surface area contributed by atoms with Crippen LogP contribution < -0.4 is 0 Å². The fourth-order valence-electron chi connectivity index (χ4n) is 8.20. The first kappa shape index (κ1) is 17.1. The number of fused-ring (bicyclic) bond motifs is 5. The second-order valence-corrected chi connectivity index (χ2v) is 10.7. The van der Waals surface area contributed by atoms with Gasteiger partial charge in [0.2, 0.25) is 0 Å². The molecule has 0 aromatic carbocycles. The van der Waals surface area contributed by atoms with Crippen molar-refractivity contribution in [1.29, 1.82) is 0 Å². The van der Waals surface area contributed by atoms with Crippen LogP contribution in [0, 0.1) is 40.4 Å². The first-order chi connectivity index (χ1) is 11.2. The topological polar surface area (TPSA) is 20.2 Å². The van der Waals surface area contributed by atoms with Crippen molar-refractivity contribution in [1.82, 2.24) is 0 Å². The standard InChI is InChI=1S/C23H38O/c1-6-16-7-8-18-17-13-15(2)20-14-21(3,24)11-12-23(20,5)19(17)9-10-22(16,18)4/h6,15,17-20,24H,7-14H2,1-5H3. The first-order valence-corrected chi connectivity index (χ1v) is 10.6. The van der Waals surface area contributed by atoms with Gasteiger partial charge in [-0.05, 0) is 106 Å². The molecule has 24 heavy (non-hydrogen) atoms. The molecule has 0 amide bonds. The molecule has 8 unspecified atom stereocenters. The fraction of sp³-hybridized carbons (Fsp3) is 0.913. The van der Waals surface area contributed by atoms with E-state index in [9.17, 15) is 5.11 Å². The molecule has 0 aliphatic heterocycles. The van der Waals surface area contributed by atoms with Gasteiger partial charge in [0, 0.05) is 0 Å². The molecule has 0 radical (unpaired) electrons. The summed E-state index contributed by atoms with van der Waals surface area (Å²) in [7, 11) is 0. The molecule has 0 aromatic rings. The maximum absolute atomic E-state index is 10.7. The van der Waals surface area contributed by atoms with E-state index >= 15 is 0 Å². The largest absolute Gasteiger partial charge is 0.390 e. The summed E-state index contributed by atoms with van der Waals surface area (Å²) in [5.74, 6) is 4.27. The van der Waals surface area contributed by atoms with E-state index in [1.807, 2.05) is 0 Å². The van der Waals surface area contributed by atoms with E-state index in [1.165, 1.54) is 38.5 Å². The van der Waals surface area contributed by atoms with Crippen LogP contribution in [0.4, 0.5) is 0 Å². The molecular formula is C23H38O. The normalized spacial score (nSPS) is 58.9. The van der Waals surface area contributed by atoms with Crippen LogP contribution in [0.15, 0.2) is 11.6 Å². The minimum absolute atomic E-state index is 0.417. The van der Waals surface area contributed by atoms with Gasteiger partial charge >= 0.3 is 0 Å². The van der Waals surface area contributed by atoms with Crippen LogP contribution in [-0.2, 0) is 0 Å². The number of rotatable bonds is 0. The molecule has 0 saturated heterocycles. The first-order valence-electron chi connectivity index (χ1n) is 10.6. The van der Waals surface area contributed by atoms with E-state index in [1.54, 1.807) is 5.57 Å². The summed E-state index contributed by atoms with van der Waals surface area (Å²) in [6, 6.07) is 0. The lowest BCUT2D eigenvalue weighted by molar-refractivity contribution is -0.158. The third-order valence-electron chi connectivity index (χ3n) is 9.52. The van der Waals surface area contributed by atoms with Gasteiger partial charge in [-0.3, -0.25) is 0 Å². The van der Waals surface area contributed by atoms with Crippen LogP contribution in [0.3, 0.4) is 0 Å². The predicted octanol–water partition coefficient (Wildman–Crippen LogP) is 5.97. The van der Waals surface area contributed by atoms with Gasteiger partial charge in [0.05, 0.1) is 5.60 Å². The van der Waals surface area contributed by atoms with E-state index in [0.29, 0.717) is 10.8 Å². The maximum Gasteiger partial charge on any atom is 0.0623 e. The highest BCUT2D eigenvalue weighted by Gasteiger charge is 2.61. The average molecular weight is 331 g/mol. The summed E-state index contributed by atoms with van der Waals surface area (Å²) < 4.78 is 0. The molecule has 4 aliphatic carbocycles. The van der Waals surface area contributed by atoms with Gasteiger partial charge in [0.15, 0.2) is 0 Å². The average Bonchev–Trinajstić information content (AvgIpc) is 2.86. The third kappa shape index (κ3) is 2.22. The van der Waals surface area contributed by atoms with Crippen molar-refractivity contribution in [2.45, 2.75) is 91.6 Å². The van der Waals surface area contributed by atoms with Gasteiger partial charge in [0.1, 0.15) is 0 Å².